The average Bonchev–Trinajstić information content (AvgIpc) is 3.17. The van der Waals surface area contributed by atoms with Crippen LogP contribution in [0.4, 0.5) is 5.82 Å². The molecule has 1 aromatic heterocycles. The number of benzene rings is 1. The van der Waals surface area contributed by atoms with Crippen molar-refractivity contribution >= 4 is 36.5 Å². The van der Waals surface area contributed by atoms with Crippen molar-refractivity contribution in [2.24, 2.45) is 11.7 Å². The van der Waals surface area contributed by atoms with Crippen LogP contribution < -0.4 is 10.6 Å². The summed E-state index contributed by atoms with van der Waals surface area (Å²) in [6.07, 6.45) is 2.79. The zero-order valence-corrected chi connectivity index (χ0v) is 18.8. The third kappa shape index (κ3) is 5.84. The summed E-state index contributed by atoms with van der Waals surface area (Å²) in [5.41, 5.74) is 7.91. The standard InChI is InChI=1S/C22H30N4O.2ClH/c1-3-12-25(4-2)21-11-10-18(14-24-21)22(27)26-15-19(13-23)20(16-26)17-8-6-5-7-9-17;;/h5-11,14,19-20H,3-4,12-13,15-16,23H2,1-2H3;2*1H/t19-,20+;;/m1../s1. The van der Waals surface area contributed by atoms with Gasteiger partial charge >= 0.3 is 0 Å². The minimum Gasteiger partial charge on any atom is -0.357 e. The fourth-order valence-corrected chi connectivity index (χ4v) is 3.94. The zero-order chi connectivity index (χ0) is 19.2. The first-order chi connectivity index (χ1) is 13.2. The Bertz CT molecular complexity index is 742. The van der Waals surface area contributed by atoms with Gasteiger partial charge in [0.25, 0.3) is 5.91 Å². The van der Waals surface area contributed by atoms with Gasteiger partial charge in [0.1, 0.15) is 5.82 Å². The first kappa shape index (κ1) is 25.2. The van der Waals surface area contributed by atoms with Gasteiger partial charge in [-0.1, -0.05) is 37.3 Å². The first-order valence-electron chi connectivity index (χ1n) is 9.93. The van der Waals surface area contributed by atoms with E-state index in [1.807, 2.05) is 35.2 Å². The lowest BCUT2D eigenvalue weighted by Crippen LogP contribution is -2.30. The van der Waals surface area contributed by atoms with Crippen molar-refractivity contribution in [3.63, 3.8) is 0 Å². The highest BCUT2D eigenvalue weighted by Gasteiger charge is 2.35. The van der Waals surface area contributed by atoms with Crippen molar-refractivity contribution in [2.45, 2.75) is 26.2 Å². The van der Waals surface area contributed by atoms with E-state index in [0.29, 0.717) is 37.0 Å². The van der Waals surface area contributed by atoms with E-state index in [-0.39, 0.29) is 30.7 Å². The minimum atomic E-state index is 0. The molecule has 1 amide bonds. The lowest BCUT2D eigenvalue weighted by Gasteiger charge is -2.21. The fraction of sp³-hybridized carbons (Fsp3) is 0.455. The predicted molar refractivity (Wildman–Crippen MR) is 125 cm³/mol. The van der Waals surface area contributed by atoms with Crippen LogP contribution in [0.5, 0.6) is 0 Å². The fourth-order valence-electron chi connectivity index (χ4n) is 3.94. The van der Waals surface area contributed by atoms with Gasteiger partial charge in [0.2, 0.25) is 0 Å². The lowest BCUT2D eigenvalue weighted by atomic mass is 9.89. The van der Waals surface area contributed by atoms with Crippen LogP contribution >= 0.6 is 24.8 Å². The van der Waals surface area contributed by atoms with Crippen LogP contribution in [0.2, 0.25) is 0 Å². The number of nitrogens with zero attached hydrogens (tertiary/aromatic N) is 3. The van der Waals surface area contributed by atoms with Gasteiger partial charge in [0.05, 0.1) is 5.56 Å². The number of anilines is 1. The highest BCUT2D eigenvalue weighted by molar-refractivity contribution is 5.94. The maximum absolute atomic E-state index is 13.0. The number of aromatic nitrogens is 1. The van der Waals surface area contributed by atoms with E-state index in [4.69, 9.17) is 5.73 Å². The highest BCUT2D eigenvalue weighted by Crippen LogP contribution is 2.32. The number of pyridine rings is 1. The molecule has 2 aromatic rings. The number of halogens is 2. The van der Waals surface area contributed by atoms with E-state index in [1.54, 1.807) is 6.20 Å². The highest BCUT2D eigenvalue weighted by atomic mass is 35.5. The van der Waals surface area contributed by atoms with E-state index < -0.39 is 0 Å². The molecular weight excluding hydrogens is 407 g/mol. The van der Waals surface area contributed by atoms with E-state index >= 15 is 0 Å². The number of likely N-dealkylation sites (tertiary alicyclic amines) is 1. The van der Waals surface area contributed by atoms with Crippen LogP contribution in [0.1, 0.15) is 42.1 Å². The molecule has 5 nitrogen and oxygen atoms in total. The van der Waals surface area contributed by atoms with Gasteiger partial charge in [0, 0.05) is 38.3 Å². The Morgan fingerprint density at radius 2 is 1.86 bits per heavy atom. The Labute approximate surface area is 186 Å². The number of amides is 1. The van der Waals surface area contributed by atoms with Gasteiger partial charge in [-0.2, -0.15) is 0 Å². The molecule has 1 fully saturated rings. The van der Waals surface area contributed by atoms with E-state index in [1.165, 1.54) is 5.56 Å². The molecule has 1 saturated heterocycles. The molecule has 160 valence electrons. The topological polar surface area (TPSA) is 62.5 Å². The second-order valence-corrected chi connectivity index (χ2v) is 7.21. The molecule has 0 aliphatic carbocycles. The maximum atomic E-state index is 13.0. The van der Waals surface area contributed by atoms with Crippen molar-refractivity contribution in [3.8, 4) is 0 Å². The van der Waals surface area contributed by atoms with E-state index in [2.05, 4.69) is 35.9 Å². The number of hydrogen-bond acceptors (Lipinski definition) is 4. The molecule has 1 aliphatic heterocycles. The van der Waals surface area contributed by atoms with E-state index in [0.717, 1.165) is 25.3 Å². The summed E-state index contributed by atoms with van der Waals surface area (Å²) in [6, 6.07) is 14.2. The van der Waals surface area contributed by atoms with Crippen molar-refractivity contribution < 1.29 is 4.79 Å². The Morgan fingerprint density at radius 3 is 2.41 bits per heavy atom. The Kier molecular flexibility index (Phi) is 10.4. The molecule has 0 radical (unpaired) electrons. The SMILES string of the molecule is CCCN(CC)c1ccc(C(=O)N2C[C@@H](CN)[C@H](c3ccccc3)C2)cn1.Cl.Cl. The molecule has 2 heterocycles. The largest absolute Gasteiger partial charge is 0.357 e. The van der Waals surface area contributed by atoms with Gasteiger partial charge in [-0.25, -0.2) is 4.98 Å². The van der Waals surface area contributed by atoms with Crippen LogP contribution in [0.3, 0.4) is 0 Å². The second kappa shape index (κ2) is 12.0. The average molecular weight is 439 g/mol. The van der Waals surface area contributed by atoms with Gasteiger partial charge in [-0.15, -0.1) is 24.8 Å². The van der Waals surface area contributed by atoms with Crippen molar-refractivity contribution in [1.82, 2.24) is 9.88 Å². The summed E-state index contributed by atoms with van der Waals surface area (Å²) in [5.74, 6) is 1.57. The smallest absolute Gasteiger partial charge is 0.255 e. The molecule has 1 aliphatic rings. The number of nitrogens with two attached hydrogens (primary N) is 1. The number of carbonyl (C=O) groups excluding carboxylic acids is 1. The predicted octanol–water partition coefficient (Wildman–Crippen LogP) is 3.98. The van der Waals surface area contributed by atoms with Gasteiger partial charge in [-0.3, -0.25) is 4.79 Å². The van der Waals surface area contributed by atoms with Crippen LogP contribution in [0.25, 0.3) is 0 Å². The molecule has 1 aromatic carbocycles. The summed E-state index contributed by atoms with van der Waals surface area (Å²) in [6.45, 7) is 8.17. The van der Waals surface area contributed by atoms with Crippen molar-refractivity contribution in [2.75, 3.05) is 37.6 Å². The number of carbonyl (C=O) groups is 1. The van der Waals surface area contributed by atoms with Crippen molar-refractivity contribution in [1.29, 1.82) is 0 Å². The summed E-state index contributed by atoms with van der Waals surface area (Å²) < 4.78 is 0. The molecular formula is C22H32Cl2N4O. The van der Waals surface area contributed by atoms with Gasteiger partial charge in [0.15, 0.2) is 0 Å². The molecule has 0 bridgehead atoms. The maximum Gasteiger partial charge on any atom is 0.255 e. The monoisotopic (exact) mass is 438 g/mol. The normalized spacial score (nSPS) is 18.0. The van der Waals surface area contributed by atoms with E-state index in [9.17, 15) is 4.79 Å². The second-order valence-electron chi connectivity index (χ2n) is 7.21. The quantitative estimate of drug-likeness (QED) is 0.709. The molecule has 0 saturated carbocycles. The molecule has 29 heavy (non-hydrogen) atoms. The van der Waals surface area contributed by atoms with Crippen LogP contribution in [-0.2, 0) is 0 Å². The summed E-state index contributed by atoms with van der Waals surface area (Å²) in [7, 11) is 0. The van der Waals surface area contributed by atoms with Crippen LogP contribution in [0, 0.1) is 5.92 Å². The summed E-state index contributed by atoms with van der Waals surface area (Å²) >= 11 is 0. The zero-order valence-electron chi connectivity index (χ0n) is 17.2. The summed E-state index contributed by atoms with van der Waals surface area (Å²) in [5, 5.41) is 0. The van der Waals surface area contributed by atoms with Crippen LogP contribution in [-0.4, -0.2) is 48.5 Å². The number of hydrogen-bond donors (Lipinski definition) is 1. The number of rotatable bonds is 7. The van der Waals surface area contributed by atoms with Gasteiger partial charge < -0.3 is 15.5 Å². The Morgan fingerprint density at radius 1 is 1.14 bits per heavy atom. The third-order valence-corrected chi connectivity index (χ3v) is 5.45. The first-order valence-corrected chi connectivity index (χ1v) is 9.93. The lowest BCUT2D eigenvalue weighted by molar-refractivity contribution is 0.0786. The molecule has 0 unspecified atom stereocenters. The Hall–Kier alpha value is -1.82. The van der Waals surface area contributed by atoms with Gasteiger partial charge in [-0.05, 0) is 43.5 Å². The molecule has 0 spiro atoms. The Balaban J connectivity index is 0.00000210. The summed E-state index contributed by atoms with van der Waals surface area (Å²) in [4.78, 5) is 21.7. The van der Waals surface area contributed by atoms with Crippen molar-refractivity contribution in [3.05, 3.63) is 59.8 Å². The molecule has 3 rings (SSSR count). The molecule has 2 N–H and O–H groups in total. The molecule has 2 atom stereocenters. The minimum absolute atomic E-state index is 0. The third-order valence-electron chi connectivity index (χ3n) is 5.45. The van der Waals surface area contributed by atoms with Crippen LogP contribution in [0.15, 0.2) is 48.7 Å². The molecule has 7 heteroatoms.